The zero-order valence-corrected chi connectivity index (χ0v) is 12.0. The third kappa shape index (κ3) is 2.48. The highest BCUT2D eigenvalue weighted by molar-refractivity contribution is 9.09. The molecule has 0 saturated carbocycles. The molecule has 0 spiro atoms. The van der Waals surface area contributed by atoms with E-state index in [-0.39, 0.29) is 5.91 Å². The minimum absolute atomic E-state index is 0.122. The fourth-order valence-electron chi connectivity index (χ4n) is 1.98. The van der Waals surface area contributed by atoms with Crippen LogP contribution in [0.25, 0.3) is 0 Å². The van der Waals surface area contributed by atoms with Crippen molar-refractivity contribution in [1.29, 1.82) is 0 Å². The molecule has 0 fully saturated rings. The number of alkyl halides is 2. The second-order valence-corrected chi connectivity index (χ2v) is 5.20. The van der Waals surface area contributed by atoms with E-state index in [1.165, 1.54) is 11.1 Å². The lowest BCUT2D eigenvalue weighted by Crippen LogP contribution is -2.09. The molecule has 0 aliphatic carbocycles. The summed E-state index contributed by atoms with van der Waals surface area (Å²) in [5.74, 6) is 0.551. The van der Waals surface area contributed by atoms with Crippen molar-refractivity contribution < 1.29 is 4.79 Å². The van der Waals surface area contributed by atoms with Crippen molar-refractivity contribution in [2.24, 2.45) is 0 Å². The number of hydrogen-bond donors (Lipinski definition) is 1. The van der Waals surface area contributed by atoms with E-state index < -0.39 is 0 Å². The van der Waals surface area contributed by atoms with Gasteiger partial charge in [-0.1, -0.05) is 44.0 Å². The summed E-state index contributed by atoms with van der Waals surface area (Å²) in [6.45, 7) is 0. The summed E-state index contributed by atoms with van der Waals surface area (Å²) < 4.78 is 0. The van der Waals surface area contributed by atoms with Gasteiger partial charge in [0.25, 0.3) is 0 Å². The summed E-state index contributed by atoms with van der Waals surface area (Å²) >= 11 is 6.95. The van der Waals surface area contributed by atoms with E-state index in [0.29, 0.717) is 12.3 Å². The van der Waals surface area contributed by atoms with Crippen LogP contribution in [0, 0.1) is 0 Å². The first-order chi connectivity index (χ1) is 7.74. The van der Waals surface area contributed by atoms with E-state index in [0.717, 1.165) is 22.8 Å². The van der Waals surface area contributed by atoms with Gasteiger partial charge in [0.1, 0.15) is 0 Å². The number of carbonyl (C=O) groups excluding carboxylic acids is 1. The number of anilines is 1. The first kappa shape index (κ1) is 12.1. The van der Waals surface area contributed by atoms with Crippen LogP contribution in [-0.2, 0) is 10.1 Å². The summed E-state index contributed by atoms with van der Waals surface area (Å²) in [5, 5.41) is 4.70. The van der Waals surface area contributed by atoms with Gasteiger partial charge in [-0.05, 0) is 29.5 Å². The summed E-state index contributed by atoms with van der Waals surface area (Å²) in [5.41, 5.74) is 3.41. The summed E-state index contributed by atoms with van der Waals surface area (Å²) in [6.07, 6.45) is 1.52. The van der Waals surface area contributed by atoms with Gasteiger partial charge in [0.15, 0.2) is 0 Å². The molecule has 1 aromatic carbocycles. The van der Waals surface area contributed by atoms with Crippen molar-refractivity contribution >= 4 is 43.5 Å². The number of carbonyl (C=O) groups is 1. The molecule has 1 aliphatic rings. The highest BCUT2D eigenvalue weighted by atomic mass is 79.9. The van der Waals surface area contributed by atoms with E-state index in [1.54, 1.807) is 0 Å². The van der Waals surface area contributed by atoms with Crippen molar-refractivity contribution in [3.05, 3.63) is 29.3 Å². The highest BCUT2D eigenvalue weighted by Crippen LogP contribution is 2.33. The van der Waals surface area contributed by atoms with Gasteiger partial charge in [0.05, 0.1) is 0 Å². The first-order valence-electron chi connectivity index (χ1n) is 5.29. The van der Waals surface area contributed by atoms with Gasteiger partial charge in [0.2, 0.25) is 5.91 Å². The van der Waals surface area contributed by atoms with E-state index in [1.807, 2.05) is 0 Å². The molecule has 2 nitrogen and oxygen atoms in total. The number of rotatable bonds is 2. The molecule has 16 heavy (non-hydrogen) atoms. The van der Waals surface area contributed by atoms with Crippen LogP contribution in [0.1, 0.15) is 29.9 Å². The summed E-state index contributed by atoms with van der Waals surface area (Å²) in [6, 6.07) is 6.30. The maximum Gasteiger partial charge on any atom is 0.224 e. The third-order valence-corrected chi connectivity index (χ3v) is 4.32. The average molecular weight is 347 g/mol. The largest absolute Gasteiger partial charge is 0.326 e. The zero-order valence-electron chi connectivity index (χ0n) is 8.80. The van der Waals surface area contributed by atoms with Crippen LogP contribution in [-0.4, -0.2) is 11.2 Å². The Morgan fingerprint density at radius 1 is 1.38 bits per heavy atom. The lowest BCUT2D eigenvalue weighted by Gasteiger charge is -2.14. The molecule has 1 atom stereocenters. The molecule has 1 aliphatic heterocycles. The molecule has 2 rings (SSSR count). The monoisotopic (exact) mass is 345 g/mol. The molecule has 4 heteroatoms. The molecule has 1 N–H and O–H groups in total. The molecule has 0 radical (unpaired) electrons. The Bertz CT molecular complexity index is 406. The predicted octanol–water partition coefficient (Wildman–Crippen LogP) is 3.79. The Kier molecular flexibility index (Phi) is 4.03. The van der Waals surface area contributed by atoms with E-state index >= 15 is 0 Å². The number of amides is 1. The van der Waals surface area contributed by atoms with Crippen molar-refractivity contribution in [2.75, 3.05) is 10.6 Å². The smallest absolute Gasteiger partial charge is 0.224 e. The number of benzene rings is 1. The van der Waals surface area contributed by atoms with Crippen LogP contribution in [0.4, 0.5) is 5.69 Å². The lowest BCUT2D eigenvalue weighted by atomic mass is 9.95. The molecule has 86 valence electrons. The molecule has 1 amide bonds. The third-order valence-electron chi connectivity index (χ3n) is 2.89. The molecule has 0 aromatic heterocycles. The number of hydrogen-bond acceptors (Lipinski definition) is 1. The van der Waals surface area contributed by atoms with Crippen LogP contribution >= 0.6 is 31.9 Å². The lowest BCUT2D eigenvalue weighted by molar-refractivity contribution is -0.116. The molecule has 1 unspecified atom stereocenters. The number of halogens is 2. The topological polar surface area (TPSA) is 29.1 Å². The predicted molar refractivity (Wildman–Crippen MR) is 73.5 cm³/mol. The molecule has 1 heterocycles. The molecule has 0 bridgehead atoms. The van der Waals surface area contributed by atoms with Gasteiger partial charge in [-0.15, -0.1) is 0 Å². The van der Waals surface area contributed by atoms with Crippen LogP contribution in [0.3, 0.4) is 0 Å². The van der Waals surface area contributed by atoms with E-state index in [2.05, 4.69) is 55.4 Å². The fourth-order valence-corrected chi connectivity index (χ4v) is 3.01. The molecular weight excluding hydrogens is 334 g/mol. The van der Waals surface area contributed by atoms with Gasteiger partial charge < -0.3 is 5.32 Å². The van der Waals surface area contributed by atoms with Gasteiger partial charge in [0, 0.05) is 22.8 Å². The van der Waals surface area contributed by atoms with Crippen LogP contribution in [0.5, 0.6) is 0 Å². The van der Waals surface area contributed by atoms with Crippen LogP contribution in [0.15, 0.2) is 18.2 Å². The fraction of sp³-hybridized carbons (Fsp3) is 0.417. The highest BCUT2D eigenvalue weighted by Gasteiger charge is 2.21. The van der Waals surface area contributed by atoms with Gasteiger partial charge in [-0.3, -0.25) is 4.79 Å². The normalized spacial score (nSPS) is 19.9. The van der Waals surface area contributed by atoms with Crippen LogP contribution < -0.4 is 5.32 Å². The van der Waals surface area contributed by atoms with Gasteiger partial charge in [-0.25, -0.2) is 0 Å². The van der Waals surface area contributed by atoms with Gasteiger partial charge >= 0.3 is 0 Å². The maximum atomic E-state index is 11.6. The molecular formula is C12H13Br2NO. The maximum absolute atomic E-state index is 11.6. The summed E-state index contributed by atoms with van der Waals surface area (Å²) in [7, 11) is 0. The average Bonchev–Trinajstić information content (AvgIpc) is 2.46. The van der Waals surface area contributed by atoms with E-state index in [9.17, 15) is 4.79 Å². The quantitative estimate of drug-likeness (QED) is 0.811. The zero-order chi connectivity index (χ0) is 11.5. The second kappa shape index (κ2) is 5.32. The Labute approximate surface area is 112 Å². The Morgan fingerprint density at radius 2 is 2.19 bits per heavy atom. The summed E-state index contributed by atoms with van der Waals surface area (Å²) in [4.78, 5) is 11.6. The minimum Gasteiger partial charge on any atom is -0.326 e. The first-order valence-corrected chi connectivity index (χ1v) is 7.53. The van der Waals surface area contributed by atoms with Crippen molar-refractivity contribution in [3.8, 4) is 0 Å². The van der Waals surface area contributed by atoms with Crippen LogP contribution in [0.2, 0.25) is 0 Å². The Hall–Kier alpha value is -0.350. The molecule has 1 aromatic rings. The minimum atomic E-state index is 0.122. The molecule has 0 saturated heterocycles. The number of nitrogens with one attached hydrogen (secondary N) is 1. The Balaban J connectivity index is 2.42. The SMILES string of the molecule is O=C1CCC(CBr)c2ccc(CBr)cc2N1. The van der Waals surface area contributed by atoms with Crippen molar-refractivity contribution in [1.82, 2.24) is 0 Å². The van der Waals surface area contributed by atoms with Crippen molar-refractivity contribution in [3.63, 3.8) is 0 Å². The number of fused-ring (bicyclic) bond motifs is 1. The Morgan fingerprint density at radius 3 is 2.88 bits per heavy atom. The standard InChI is InChI=1S/C12H13Br2NO/c13-6-8-1-3-10-9(7-14)2-4-12(16)15-11(10)5-8/h1,3,5,9H,2,4,6-7H2,(H,15,16). The van der Waals surface area contributed by atoms with E-state index in [4.69, 9.17) is 0 Å². The van der Waals surface area contributed by atoms with Gasteiger partial charge in [-0.2, -0.15) is 0 Å². The second-order valence-electron chi connectivity index (χ2n) is 3.99. The van der Waals surface area contributed by atoms with Crippen molar-refractivity contribution in [2.45, 2.75) is 24.1 Å².